The lowest BCUT2D eigenvalue weighted by molar-refractivity contribution is 0.408. The van der Waals surface area contributed by atoms with Crippen molar-refractivity contribution in [2.75, 3.05) is 12.4 Å². The van der Waals surface area contributed by atoms with Crippen molar-refractivity contribution in [1.82, 2.24) is 19.7 Å². The Morgan fingerprint density at radius 3 is 3.00 bits per heavy atom. The van der Waals surface area contributed by atoms with Gasteiger partial charge in [0.1, 0.15) is 0 Å². The van der Waals surface area contributed by atoms with E-state index in [9.17, 15) is 4.79 Å². The molecule has 0 bridgehead atoms. The average Bonchev–Trinajstić information content (AvgIpc) is 2.64. The molecule has 0 fully saturated rings. The Morgan fingerprint density at radius 2 is 2.38 bits per heavy atom. The summed E-state index contributed by atoms with van der Waals surface area (Å²) in [5.41, 5.74) is -0.337. The Morgan fingerprint density at radius 1 is 1.56 bits per heavy atom. The van der Waals surface area contributed by atoms with Crippen molar-refractivity contribution in [3.05, 3.63) is 28.9 Å². The normalized spacial score (nSPS) is 10.1. The Labute approximate surface area is 91.1 Å². The molecule has 0 saturated carbocycles. The van der Waals surface area contributed by atoms with Crippen molar-refractivity contribution >= 4 is 11.6 Å². The average molecular weight is 221 g/mol. The highest BCUT2D eigenvalue weighted by molar-refractivity contribution is 5.57. The molecule has 2 rings (SSSR count). The van der Waals surface area contributed by atoms with Gasteiger partial charge in [0.2, 0.25) is 5.75 Å². The second-order valence-electron chi connectivity index (χ2n) is 3.11. The highest BCUT2D eigenvalue weighted by atomic mass is 16.5. The number of H-pyrrole nitrogens is 1. The number of hydrogen-bond acceptors (Lipinski definition) is 5. The lowest BCUT2D eigenvalue weighted by Crippen LogP contribution is -2.12. The number of nitrogens with one attached hydrogen (secondary N) is 2. The van der Waals surface area contributed by atoms with Gasteiger partial charge in [-0.3, -0.25) is 9.48 Å². The first-order valence-electron chi connectivity index (χ1n) is 4.59. The van der Waals surface area contributed by atoms with E-state index in [-0.39, 0.29) is 11.3 Å². The van der Waals surface area contributed by atoms with Gasteiger partial charge in [-0.1, -0.05) is 0 Å². The van der Waals surface area contributed by atoms with Crippen LogP contribution < -0.4 is 15.6 Å². The smallest absolute Gasteiger partial charge is 0.295 e. The van der Waals surface area contributed by atoms with E-state index in [4.69, 9.17) is 4.74 Å². The van der Waals surface area contributed by atoms with Crippen LogP contribution >= 0.6 is 0 Å². The summed E-state index contributed by atoms with van der Waals surface area (Å²) >= 11 is 0. The van der Waals surface area contributed by atoms with E-state index >= 15 is 0 Å². The summed E-state index contributed by atoms with van der Waals surface area (Å²) in [4.78, 5) is 17.8. The Kier molecular flexibility index (Phi) is 2.59. The molecule has 2 heterocycles. The number of aryl methyl sites for hydroxylation is 1. The summed E-state index contributed by atoms with van der Waals surface area (Å²) in [6.45, 7) is 0. The molecule has 16 heavy (non-hydrogen) atoms. The fourth-order valence-electron chi connectivity index (χ4n) is 1.27. The lowest BCUT2D eigenvalue weighted by Gasteiger charge is -2.05. The van der Waals surface area contributed by atoms with Gasteiger partial charge in [-0.25, -0.2) is 4.98 Å². The standard InChI is InChI=1S/C9H11N5O2/c1-14-4-3-6(13-14)12-8-7(16-2)9(15)11-5-10-8/h3-5H,1-2H3,(H2,10,11,12,13,15). The van der Waals surface area contributed by atoms with Gasteiger partial charge in [0, 0.05) is 19.3 Å². The molecule has 0 spiro atoms. The molecule has 2 aromatic rings. The zero-order chi connectivity index (χ0) is 11.5. The number of aromatic amines is 1. The van der Waals surface area contributed by atoms with Gasteiger partial charge in [-0.15, -0.1) is 0 Å². The van der Waals surface area contributed by atoms with Gasteiger partial charge in [0.15, 0.2) is 11.6 Å². The van der Waals surface area contributed by atoms with Crippen LogP contribution in [0.4, 0.5) is 11.6 Å². The highest BCUT2D eigenvalue weighted by Crippen LogP contribution is 2.18. The first kappa shape index (κ1) is 10.2. The summed E-state index contributed by atoms with van der Waals surface area (Å²) in [5.74, 6) is 1.07. The van der Waals surface area contributed by atoms with Gasteiger partial charge in [0.25, 0.3) is 5.56 Å². The molecule has 0 aliphatic carbocycles. The number of nitrogens with zero attached hydrogens (tertiary/aromatic N) is 3. The predicted octanol–water partition coefficient (Wildman–Crippen LogP) is 0.256. The molecule has 0 saturated heterocycles. The maximum atomic E-state index is 11.4. The summed E-state index contributed by atoms with van der Waals surface area (Å²) in [6, 6.07) is 1.77. The van der Waals surface area contributed by atoms with E-state index in [1.165, 1.54) is 13.4 Å². The molecular weight excluding hydrogens is 210 g/mol. The van der Waals surface area contributed by atoms with Gasteiger partial charge in [-0.05, 0) is 0 Å². The molecule has 0 atom stereocenters. The van der Waals surface area contributed by atoms with Crippen molar-refractivity contribution in [2.24, 2.45) is 7.05 Å². The van der Waals surface area contributed by atoms with Crippen LogP contribution in [0.25, 0.3) is 0 Å². The van der Waals surface area contributed by atoms with Crippen molar-refractivity contribution in [2.45, 2.75) is 0 Å². The predicted molar refractivity (Wildman–Crippen MR) is 57.9 cm³/mol. The fourth-order valence-corrected chi connectivity index (χ4v) is 1.27. The molecule has 0 amide bonds. The zero-order valence-corrected chi connectivity index (χ0v) is 8.89. The number of rotatable bonds is 3. The van der Waals surface area contributed by atoms with Crippen molar-refractivity contribution in [1.29, 1.82) is 0 Å². The first-order valence-corrected chi connectivity index (χ1v) is 4.59. The molecular formula is C9H11N5O2. The van der Waals surface area contributed by atoms with Crippen LogP contribution in [-0.2, 0) is 7.05 Å². The van der Waals surface area contributed by atoms with E-state index in [1.807, 2.05) is 0 Å². The minimum atomic E-state index is -0.337. The van der Waals surface area contributed by atoms with Crippen LogP contribution in [0.1, 0.15) is 0 Å². The molecule has 2 N–H and O–H groups in total. The maximum Gasteiger partial charge on any atom is 0.295 e. The largest absolute Gasteiger partial charge is 0.489 e. The van der Waals surface area contributed by atoms with Crippen LogP contribution in [0.3, 0.4) is 0 Å². The molecule has 0 aromatic carbocycles. The molecule has 7 nitrogen and oxygen atoms in total. The summed E-state index contributed by atoms with van der Waals surface area (Å²) in [5, 5.41) is 7.01. The number of methoxy groups -OCH3 is 1. The second kappa shape index (κ2) is 4.05. The zero-order valence-electron chi connectivity index (χ0n) is 8.89. The van der Waals surface area contributed by atoms with Crippen LogP contribution in [-0.4, -0.2) is 26.9 Å². The van der Waals surface area contributed by atoms with E-state index in [0.717, 1.165) is 0 Å². The number of aromatic nitrogens is 4. The van der Waals surface area contributed by atoms with Crippen LogP contribution in [0.5, 0.6) is 5.75 Å². The SMILES string of the molecule is COc1c(Nc2ccn(C)n2)nc[nH]c1=O. The van der Waals surface area contributed by atoms with Gasteiger partial charge in [-0.2, -0.15) is 5.10 Å². The fraction of sp³-hybridized carbons (Fsp3) is 0.222. The molecule has 7 heteroatoms. The van der Waals surface area contributed by atoms with Gasteiger partial charge >= 0.3 is 0 Å². The Bertz CT molecular complexity index is 545. The monoisotopic (exact) mass is 221 g/mol. The van der Waals surface area contributed by atoms with Crippen molar-refractivity contribution in [3.8, 4) is 5.75 Å². The topological polar surface area (TPSA) is 84.8 Å². The van der Waals surface area contributed by atoms with E-state index in [2.05, 4.69) is 20.4 Å². The Balaban J connectivity index is 2.34. The van der Waals surface area contributed by atoms with Crippen LogP contribution in [0.15, 0.2) is 23.4 Å². The first-order chi connectivity index (χ1) is 7.70. The number of anilines is 2. The third kappa shape index (κ3) is 1.88. The van der Waals surface area contributed by atoms with Crippen LogP contribution in [0, 0.1) is 0 Å². The molecule has 0 radical (unpaired) electrons. The highest BCUT2D eigenvalue weighted by Gasteiger charge is 2.09. The minimum Gasteiger partial charge on any atom is -0.489 e. The van der Waals surface area contributed by atoms with Crippen molar-refractivity contribution in [3.63, 3.8) is 0 Å². The van der Waals surface area contributed by atoms with Crippen LogP contribution in [0.2, 0.25) is 0 Å². The summed E-state index contributed by atoms with van der Waals surface area (Å²) < 4.78 is 6.59. The third-order valence-corrected chi connectivity index (χ3v) is 1.97. The molecule has 0 aliphatic rings. The molecule has 2 aromatic heterocycles. The van der Waals surface area contributed by atoms with Crippen molar-refractivity contribution < 1.29 is 4.74 Å². The molecule has 0 unspecified atom stereocenters. The minimum absolute atomic E-state index is 0.133. The summed E-state index contributed by atoms with van der Waals surface area (Å²) in [7, 11) is 3.21. The van der Waals surface area contributed by atoms with Gasteiger partial charge < -0.3 is 15.0 Å². The molecule has 84 valence electrons. The van der Waals surface area contributed by atoms with Gasteiger partial charge in [0.05, 0.1) is 13.4 Å². The lowest BCUT2D eigenvalue weighted by atomic mass is 10.5. The Hall–Kier alpha value is -2.31. The van der Waals surface area contributed by atoms with E-state index in [0.29, 0.717) is 11.6 Å². The van der Waals surface area contributed by atoms with E-state index < -0.39 is 0 Å². The molecule has 0 aliphatic heterocycles. The number of hydrogen-bond donors (Lipinski definition) is 2. The third-order valence-electron chi connectivity index (χ3n) is 1.97. The quantitative estimate of drug-likeness (QED) is 0.776. The number of ether oxygens (including phenoxy) is 1. The maximum absolute atomic E-state index is 11.4. The second-order valence-corrected chi connectivity index (χ2v) is 3.11. The van der Waals surface area contributed by atoms with E-state index in [1.54, 1.807) is 24.0 Å². The summed E-state index contributed by atoms with van der Waals surface area (Å²) in [6.07, 6.45) is 3.08.